The summed E-state index contributed by atoms with van der Waals surface area (Å²) >= 11 is 0. The van der Waals surface area contributed by atoms with E-state index in [4.69, 9.17) is 11.2 Å². The van der Waals surface area contributed by atoms with Crippen LogP contribution in [0.1, 0.15) is 30.0 Å². The van der Waals surface area contributed by atoms with Crippen molar-refractivity contribution in [1.29, 1.82) is 0 Å². The van der Waals surface area contributed by atoms with Gasteiger partial charge in [-0.25, -0.2) is 4.79 Å². The molecule has 0 saturated carbocycles. The zero-order valence-corrected chi connectivity index (χ0v) is 14.8. The van der Waals surface area contributed by atoms with Gasteiger partial charge in [-0.1, -0.05) is 66.6 Å². The monoisotopic (exact) mass is 348 g/mol. The molecule has 0 spiro atoms. The molecule has 1 heterocycles. The van der Waals surface area contributed by atoms with Crippen LogP contribution in [-0.4, -0.2) is 36.7 Å². The summed E-state index contributed by atoms with van der Waals surface area (Å²) in [5.41, 5.74) is 2.05. The van der Waals surface area contributed by atoms with E-state index in [1.165, 1.54) is 0 Å². The molecule has 1 saturated heterocycles. The molecule has 0 aliphatic carbocycles. The molecule has 4 nitrogen and oxygen atoms in total. The van der Waals surface area contributed by atoms with E-state index in [0.29, 0.717) is 6.54 Å². The van der Waals surface area contributed by atoms with E-state index in [9.17, 15) is 4.79 Å². The third-order valence-electron chi connectivity index (χ3n) is 4.65. The lowest BCUT2D eigenvalue weighted by molar-refractivity contribution is 0.0531. The molecule has 2 aromatic carbocycles. The molecule has 2 aromatic rings. The van der Waals surface area contributed by atoms with Gasteiger partial charge in [0.1, 0.15) is 6.10 Å². The molecule has 3 rings (SSSR count). The van der Waals surface area contributed by atoms with Crippen molar-refractivity contribution in [2.75, 3.05) is 19.6 Å². The number of alkyl carbamates (subject to hydrolysis) is 1. The van der Waals surface area contributed by atoms with Gasteiger partial charge < -0.3 is 10.1 Å². The van der Waals surface area contributed by atoms with Crippen molar-refractivity contribution in [1.82, 2.24) is 10.2 Å². The van der Waals surface area contributed by atoms with Crippen LogP contribution in [0.25, 0.3) is 0 Å². The number of amides is 1. The van der Waals surface area contributed by atoms with Gasteiger partial charge in [-0.3, -0.25) is 4.90 Å². The Morgan fingerprint density at radius 3 is 2.12 bits per heavy atom. The Labute approximate surface area is 155 Å². The number of carbonyl (C=O) groups is 1. The van der Waals surface area contributed by atoms with Crippen molar-refractivity contribution in [3.8, 4) is 12.3 Å². The average molecular weight is 348 g/mol. The summed E-state index contributed by atoms with van der Waals surface area (Å²) in [6.07, 6.45) is 6.55. The molecule has 26 heavy (non-hydrogen) atoms. The van der Waals surface area contributed by atoms with Gasteiger partial charge in [-0.05, 0) is 24.0 Å². The maximum absolute atomic E-state index is 12.5. The summed E-state index contributed by atoms with van der Waals surface area (Å²) in [6.45, 7) is 2.38. The summed E-state index contributed by atoms with van der Waals surface area (Å²) in [5, 5.41) is 3.03. The molecule has 4 heteroatoms. The van der Waals surface area contributed by atoms with E-state index >= 15 is 0 Å². The van der Waals surface area contributed by atoms with E-state index in [0.717, 1.165) is 37.1 Å². The fraction of sp³-hybridized carbons (Fsp3) is 0.318. The van der Waals surface area contributed by atoms with Crippen molar-refractivity contribution in [2.45, 2.75) is 25.0 Å². The summed E-state index contributed by atoms with van der Waals surface area (Å²) in [7, 11) is 0. The molecule has 1 aliphatic rings. The molecular formula is C22H24N2O2. The number of hydrogen-bond acceptors (Lipinski definition) is 3. The van der Waals surface area contributed by atoms with Crippen molar-refractivity contribution in [3.05, 3.63) is 71.8 Å². The quantitative estimate of drug-likeness (QED) is 0.840. The highest BCUT2D eigenvalue weighted by atomic mass is 16.6. The Balaban J connectivity index is 1.62. The number of nitrogens with one attached hydrogen (secondary N) is 1. The Kier molecular flexibility index (Phi) is 6.29. The maximum atomic E-state index is 12.5. The van der Waals surface area contributed by atoms with Crippen LogP contribution in [0.15, 0.2) is 60.7 Å². The average Bonchev–Trinajstić information content (AvgIpc) is 2.69. The van der Waals surface area contributed by atoms with Crippen LogP contribution in [0.4, 0.5) is 4.79 Å². The van der Waals surface area contributed by atoms with Gasteiger partial charge in [0.2, 0.25) is 0 Å². The highest BCUT2D eigenvalue weighted by molar-refractivity contribution is 5.69. The number of ether oxygens (including phenoxy) is 1. The second-order valence-electron chi connectivity index (χ2n) is 6.48. The van der Waals surface area contributed by atoms with Gasteiger partial charge in [-0.15, -0.1) is 6.42 Å². The molecule has 1 aliphatic heterocycles. The molecule has 1 N–H and O–H groups in total. The molecule has 1 fully saturated rings. The summed E-state index contributed by atoms with van der Waals surface area (Å²) in [4.78, 5) is 14.7. The number of benzene rings is 2. The van der Waals surface area contributed by atoms with Gasteiger partial charge in [0.25, 0.3) is 0 Å². The molecule has 134 valence electrons. The van der Waals surface area contributed by atoms with Crippen molar-refractivity contribution in [2.24, 2.45) is 0 Å². The van der Waals surface area contributed by atoms with E-state index in [1.54, 1.807) is 0 Å². The number of hydrogen-bond donors (Lipinski definition) is 1. The van der Waals surface area contributed by atoms with Crippen LogP contribution < -0.4 is 5.32 Å². The predicted octanol–water partition coefficient (Wildman–Crippen LogP) is 3.60. The minimum Gasteiger partial charge on any atom is -0.446 e. The first kappa shape index (κ1) is 18.0. The van der Waals surface area contributed by atoms with Gasteiger partial charge in [0.05, 0.1) is 12.6 Å². The molecule has 1 amide bonds. The number of likely N-dealkylation sites (tertiary alicyclic amines) is 1. The molecular weight excluding hydrogens is 324 g/mol. The number of rotatable bonds is 5. The van der Waals surface area contributed by atoms with Crippen LogP contribution >= 0.6 is 0 Å². The summed E-state index contributed by atoms with van der Waals surface area (Å²) in [6, 6.07) is 19.6. The van der Waals surface area contributed by atoms with E-state index in [-0.39, 0.29) is 18.2 Å². The summed E-state index contributed by atoms with van der Waals surface area (Å²) < 4.78 is 5.66. The van der Waals surface area contributed by atoms with E-state index in [2.05, 4.69) is 16.1 Å². The zero-order valence-electron chi connectivity index (χ0n) is 14.8. The van der Waals surface area contributed by atoms with Crippen molar-refractivity contribution in [3.63, 3.8) is 0 Å². The minimum atomic E-state index is -0.377. The van der Waals surface area contributed by atoms with Gasteiger partial charge in [0, 0.05) is 13.1 Å². The lowest BCUT2D eigenvalue weighted by Gasteiger charge is -2.30. The minimum absolute atomic E-state index is 0.0591. The number of carbonyl (C=O) groups excluding carboxylic acids is 1. The van der Waals surface area contributed by atoms with Gasteiger partial charge >= 0.3 is 6.09 Å². The van der Waals surface area contributed by atoms with Crippen LogP contribution in [0.2, 0.25) is 0 Å². The first-order valence-electron chi connectivity index (χ1n) is 8.99. The Morgan fingerprint density at radius 1 is 1.08 bits per heavy atom. The van der Waals surface area contributed by atoms with E-state index in [1.807, 2.05) is 60.7 Å². The topological polar surface area (TPSA) is 41.6 Å². The number of nitrogens with zero attached hydrogens (tertiary/aromatic N) is 1. The molecule has 0 bridgehead atoms. The third kappa shape index (κ3) is 4.87. The lowest BCUT2D eigenvalue weighted by atomic mass is 9.99. The van der Waals surface area contributed by atoms with Crippen LogP contribution in [0.5, 0.6) is 0 Å². The highest BCUT2D eigenvalue weighted by Crippen LogP contribution is 2.22. The first-order valence-corrected chi connectivity index (χ1v) is 8.99. The Bertz CT molecular complexity index is 692. The summed E-state index contributed by atoms with van der Waals surface area (Å²) in [5.74, 6) is 2.66. The zero-order chi connectivity index (χ0) is 18.2. The maximum Gasteiger partial charge on any atom is 0.408 e. The third-order valence-corrected chi connectivity index (χ3v) is 4.65. The Morgan fingerprint density at radius 2 is 1.62 bits per heavy atom. The van der Waals surface area contributed by atoms with E-state index < -0.39 is 0 Å². The smallest absolute Gasteiger partial charge is 0.408 e. The first-order chi connectivity index (χ1) is 12.8. The number of piperidine rings is 1. The van der Waals surface area contributed by atoms with Crippen molar-refractivity contribution >= 4 is 6.09 Å². The highest BCUT2D eigenvalue weighted by Gasteiger charge is 2.24. The SMILES string of the molecule is C#CCN1CCC(OC(=O)NC(c2ccccc2)c2ccccc2)CC1. The largest absolute Gasteiger partial charge is 0.446 e. The van der Waals surface area contributed by atoms with Crippen LogP contribution in [-0.2, 0) is 4.74 Å². The fourth-order valence-electron chi connectivity index (χ4n) is 3.27. The van der Waals surface area contributed by atoms with Gasteiger partial charge in [0.15, 0.2) is 0 Å². The Hall–Kier alpha value is -2.77. The van der Waals surface area contributed by atoms with Crippen LogP contribution in [0.3, 0.4) is 0 Å². The molecule has 0 atom stereocenters. The van der Waals surface area contributed by atoms with Crippen molar-refractivity contribution < 1.29 is 9.53 Å². The molecule has 0 unspecified atom stereocenters. The molecule has 0 radical (unpaired) electrons. The second kappa shape index (κ2) is 9.07. The van der Waals surface area contributed by atoms with Gasteiger partial charge in [-0.2, -0.15) is 0 Å². The number of terminal acetylenes is 1. The lowest BCUT2D eigenvalue weighted by Crippen LogP contribution is -2.40. The second-order valence-corrected chi connectivity index (χ2v) is 6.48. The molecule has 0 aromatic heterocycles. The van der Waals surface area contributed by atoms with Crippen LogP contribution in [0, 0.1) is 12.3 Å². The predicted molar refractivity (Wildman–Crippen MR) is 103 cm³/mol. The standard InChI is InChI=1S/C22H24N2O2/c1-2-15-24-16-13-20(14-17-24)26-22(25)23-21(18-9-5-3-6-10-18)19-11-7-4-8-12-19/h1,3-12,20-21H,13-17H2,(H,23,25). The normalized spacial score (nSPS) is 15.4. The fourth-order valence-corrected chi connectivity index (χ4v) is 3.27.